The molecule has 0 saturated carbocycles. The first-order valence-corrected chi connectivity index (χ1v) is 10.7. The molecule has 0 amide bonds. The number of aliphatic imine (C=N–C) groups is 1. The number of hydrogen-bond donors (Lipinski definition) is 1. The molecule has 1 aromatic carbocycles. The minimum absolute atomic E-state index is 0. The van der Waals surface area contributed by atoms with E-state index in [2.05, 4.69) is 47.5 Å². The van der Waals surface area contributed by atoms with Crippen LogP contribution in [0.25, 0.3) is 0 Å². The number of nitrogens with one attached hydrogen (secondary N) is 1. The van der Waals surface area contributed by atoms with E-state index in [1.165, 1.54) is 18.4 Å². The summed E-state index contributed by atoms with van der Waals surface area (Å²) in [5.74, 6) is 1.03. The number of morpholine rings is 1. The SMILES string of the molecule is CCNC(=NCCCCCc1ccccc1)N1CCOC(C2CCCO2)C1.I. The van der Waals surface area contributed by atoms with E-state index >= 15 is 0 Å². The predicted molar refractivity (Wildman–Crippen MR) is 126 cm³/mol. The van der Waals surface area contributed by atoms with Gasteiger partial charge in [-0.05, 0) is 44.6 Å². The highest BCUT2D eigenvalue weighted by Crippen LogP contribution is 2.21. The second kappa shape index (κ2) is 13.4. The minimum Gasteiger partial charge on any atom is -0.375 e. The van der Waals surface area contributed by atoms with Crippen LogP contribution in [0.4, 0.5) is 0 Å². The number of ether oxygens (including phenoxy) is 2. The Bertz CT molecular complexity index is 564. The normalized spacial score (nSPS) is 22.8. The molecule has 2 aliphatic rings. The summed E-state index contributed by atoms with van der Waals surface area (Å²) in [5, 5.41) is 3.46. The summed E-state index contributed by atoms with van der Waals surface area (Å²) in [4.78, 5) is 7.23. The average Bonchev–Trinajstić information content (AvgIpc) is 3.25. The van der Waals surface area contributed by atoms with E-state index in [9.17, 15) is 0 Å². The van der Waals surface area contributed by atoms with Crippen LogP contribution >= 0.6 is 24.0 Å². The third-order valence-electron chi connectivity index (χ3n) is 5.34. The van der Waals surface area contributed by atoms with Crippen molar-refractivity contribution in [2.45, 2.75) is 57.7 Å². The van der Waals surface area contributed by atoms with Gasteiger partial charge in [-0.3, -0.25) is 4.99 Å². The van der Waals surface area contributed by atoms with Crippen molar-refractivity contribution in [2.75, 3.05) is 39.4 Å². The quantitative estimate of drug-likeness (QED) is 0.254. The van der Waals surface area contributed by atoms with Crippen molar-refractivity contribution < 1.29 is 9.47 Å². The van der Waals surface area contributed by atoms with E-state index in [4.69, 9.17) is 14.5 Å². The molecule has 3 rings (SSSR count). The van der Waals surface area contributed by atoms with Gasteiger partial charge >= 0.3 is 0 Å². The first kappa shape index (κ1) is 23.4. The van der Waals surface area contributed by atoms with Crippen molar-refractivity contribution in [1.82, 2.24) is 10.2 Å². The van der Waals surface area contributed by atoms with Crippen LogP contribution in [0.3, 0.4) is 0 Å². The maximum atomic E-state index is 5.97. The fraction of sp³-hybridized carbons (Fsp3) is 0.682. The van der Waals surface area contributed by atoms with Crippen molar-refractivity contribution >= 4 is 29.9 Å². The zero-order chi connectivity index (χ0) is 18.7. The van der Waals surface area contributed by atoms with Gasteiger partial charge in [0.2, 0.25) is 0 Å². The molecule has 2 fully saturated rings. The molecule has 0 bridgehead atoms. The van der Waals surface area contributed by atoms with Crippen LogP contribution in [-0.2, 0) is 15.9 Å². The lowest BCUT2D eigenvalue weighted by Gasteiger charge is -2.37. The first-order chi connectivity index (χ1) is 13.4. The fourth-order valence-electron chi connectivity index (χ4n) is 3.86. The van der Waals surface area contributed by atoms with Gasteiger partial charge in [0.05, 0.1) is 12.7 Å². The molecule has 0 aliphatic carbocycles. The second-order valence-electron chi connectivity index (χ2n) is 7.44. The Kier molecular flexibility index (Phi) is 11.2. The number of halogens is 1. The Morgan fingerprint density at radius 3 is 2.68 bits per heavy atom. The summed E-state index contributed by atoms with van der Waals surface area (Å²) in [5.41, 5.74) is 1.43. The number of aryl methyl sites for hydroxylation is 1. The Balaban J connectivity index is 0.00000280. The van der Waals surface area contributed by atoms with Gasteiger partial charge in [0, 0.05) is 32.8 Å². The van der Waals surface area contributed by atoms with E-state index in [0.29, 0.717) is 0 Å². The second-order valence-corrected chi connectivity index (χ2v) is 7.44. The van der Waals surface area contributed by atoms with Crippen LogP contribution in [0.15, 0.2) is 35.3 Å². The van der Waals surface area contributed by atoms with Gasteiger partial charge in [0.25, 0.3) is 0 Å². The zero-order valence-corrected chi connectivity index (χ0v) is 19.5. The highest BCUT2D eigenvalue weighted by Gasteiger charge is 2.32. The molecule has 1 aromatic rings. The molecule has 1 N–H and O–H groups in total. The van der Waals surface area contributed by atoms with Gasteiger partial charge < -0.3 is 19.7 Å². The number of rotatable bonds is 8. The summed E-state index contributed by atoms with van der Waals surface area (Å²) < 4.78 is 11.8. The third-order valence-corrected chi connectivity index (χ3v) is 5.34. The van der Waals surface area contributed by atoms with Gasteiger partial charge in [0.15, 0.2) is 5.96 Å². The van der Waals surface area contributed by atoms with Crippen molar-refractivity contribution in [2.24, 2.45) is 4.99 Å². The lowest BCUT2D eigenvalue weighted by Crippen LogP contribution is -2.53. The van der Waals surface area contributed by atoms with Gasteiger partial charge in [-0.25, -0.2) is 0 Å². The minimum atomic E-state index is 0. The predicted octanol–water partition coefficient (Wildman–Crippen LogP) is 3.86. The Morgan fingerprint density at radius 2 is 1.93 bits per heavy atom. The summed E-state index contributed by atoms with van der Waals surface area (Å²) in [6.07, 6.45) is 7.46. The Morgan fingerprint density at radius 1 is 1.11 bits per heavy atom. The molecule has 2 atom stereocenters. The van der Waals surface area contributed by atoms with Crippen molar-refractivity contribution in [3.05, 3.63) is 35.9 Å². The van der Waals surface area contributed by atoms with Crippen molar-refractivity contribution in [3.8, 4) is 0 Å². The van der Waals surface area contributed by atoms with Crippen LogP contribution in [0, 0.1) is 0 Å². The monoisotopic (exact) mass is 501 g/mol. The van der Waals surface area contributed by atoms with Crippen LogP contribution in [0.5, 0.6) is 0 Å². The first-order valence-electron chi connectivity index (χ1n) is 10.7. The van der Waals surface area contributed by atoms with E-state index in [1.807, 2.05) is 0 Å². The third kappa shape index (κ3) is 7.52. The lowest BCUT2D eigenvalue weighted by molar-refractivity contribution is -0.0817. The molecule has 0 aromatic heterocycles. The molecule has 6 heteroatoms. The number of guanidine groups is 1. The van der Waals surface area contributed by atoms with Gasteiger partial charge in [-0.1, -0.05) is 36.8 Å². The topological polar surface area (TPSA) is 46.1 Å². The molecule has 2 unspecified atom stereocenters. The Labute approximate surface area is 187 Å². The molecule has 2 aliphatic heterocycles. The fourth-order valence-corrected chi connectivity index (χ4v) is 3.86. The van der Waals surface area contributed by atoms with Crippen LogP contribution in [0.1, 0.15) is 44.6 Å². The van der Waals surface area contributed by atoms with E-state index < -0.39 is 0 Å². The van der Waals surface area contributed by atoms with Gasteiger partial charge in [-0.15, -0.1) is 24.0 Å². The average molecular weight is 501 g/mol. The molecular formula is C22H36IN3O2. The highest BCUT2D eigenvalue weighted by atomic mass is 127. The molecule has 0 spiro atoms. The molecule has 2 saturated heterocycles. The van der Waals surface area contributed by atoms with Crippen molar-refractivity contribution in [3.63, 3.8) is 0 Å². The summed E-state index contributed by atoms with van der Waals surface area (Å²) in [7, 11) is 0. The standard InChI is InChI=1S/C22H35N3O2.HI/c1-2-23-22(24-14-8-4-7-12-19-10-5-3-6-11-19)25-15-17-27-21(18-25)20-13-9-16-26-20;/h3,5-6,10-11,20-21H,2,4,7-9,12-18H2,1H3,(H,23,24);1H. The number of unbranched alkanes of at least 4 members (excludes halogenated alkanes) is 2. The summed E-state index contributed by atoms with van der Waals surface area (Å²) in [6, 6.07) is 10.7. The maximum absolute atomic E-state index is 5.97. The highest BCUT2D eigenvalue weighted by molar-refractivity contribution is 14.0. The molecule has 5 nitrogen and oxygen atoms in total. The summed E-state index contributed by atoms with van der Waals surface area (Å²) in [6.45, 7) is 7.34. The molecule has 158 valence electrons. The number of hydrogen-bond acceptors (Lipinski definition) is 3. The molecule has 28 heavy (non-hydrogen) atoms. The molecule has 2 heterocycles. The van der Waals surface area contributed by atoms with Gasteiger partial charge in [-0.2, -0.15) is 0 Å². The number of nitrogens with zero attached hydrogens (tertiary/aromatic N) is 2. The van der Waals surface area contributed by atoms with Crippen molar-refractivity contribution in [1.29, 1.82) is 0 Å². The smallest absolute Gasteiger partial charge is 0.194 e. The zero-order valence-electron chi connectivity index (χ0n) is 17.1. The Hall–Kier alpha value is -0.860. The largest absolute Gasteiger partial charge is 0.375 e. The van der Waals surface area contributed by atoms with Crippen LogP contribution < -0.4 is 5.32 Å². The van der Waals surface area contributed by atoms with E-state index in [-0.39, 0.29) is 36.2 Å². The maximum Gasteiger partial charge on any atom is 0.194 e. The number of benzene rings is 1. The molecular weight excluding hydrogens is 465 g/mol. The van der Waals surface area contributed by atoms with Gasteiger partial charge in [0.1, 0.15) is 6.10 Å². The lowest BCUT2D eigenvalue weighted by atomic mass is 10.1. The van der Waals surface area contributed by atoms with E-state index in [0.717, 1.165) is 71.0 Å². The molecule has 0 radical (unpaired) electrons. The summed E-state index contributed by atoms with van der Waals surface area (Å²) >= 11 is 0. The van der Waals surface area contributed by atoms with Crippen LogP contribution in [-0.4, -0.2) is 62.5 Å². The van der Waals surface area contributed by atoms with E-state index in [1.54, 1.807) is 0 Å². The van der Waals surface area contributed by atoms with Crippen LogP contribution in [0.2, 0.25) is 0 Å².